The first kappa shape index (κ1) is 7.72. The van der Waals surface area contributed by atoms with E-state index in [0.717, 1.165) is 0 Å². The number of nitrogens with zero attached hydrogens (tertiary/aromatic N) is 3. The van der Waals surface area contributed by atoms with Crippen LogP contribution in [0.25, 0.3) is 5.65 Å². The molecule has 0 saturated carbocycles. The van der Waals surface area contributed by atoms with Crippen LogP contribution < -0.4 is 0 Å². The number of carboxylic acid groups (broad SMARTS) is 1. The van der Waals surface area contributed by atoms with Crippen LogP contribution in [0.5, 0.6) is 0 Å². The SMILES string of the molecule is Cc1ccc2ncnn2c1C(=O)O. The third kappa shape index (κ3) is 1.05. The Kier molecular flexibility index (Phi) is 1.51. The molecule has 0 aliphatic heterocycles. The molecule has 5 nitrogen and oxygen atoms in total. The minimum Gasteiger partial charge on any atom is -0.477 e. The number of aryl methyl sites for hydroxylation is 1. The zero-order valence-electron chi connectivity index (χ0n) is 6.93. The molecule has 0 radical (unpaired) electrons. The van der Waals surface area contributed by atoms with Gasteiger partial charge in [0, 0.05) is 0 Å². The van der Waals surface area contributed by atoms with Gasteiger partial charge in [-0.1, -0.05) is 6.07 Å². The van der Waals surface area contributed by atoms with E-state index in [4.69, 9.17) is 5.11 Å². The Morgan fingerprint density at radius 1 is 1.54 bits per heavy atom. The second-order valence-electron chi connectivity index (χ2n) is 2.70. The summed E-state index contributed by atoms with van der Waals surface area (Å²) in [5.41, 5.74) is 1.38. The molecule has 13 heavy (non-hydrogen) atoms. The number of rotatable bonds is 1. The van der Waals surface area contributed by atoms with E-state index >= 15 is 0 Å². The number of carbonyl (C=O) groups is 1. The van der Waals surface area contributed by atoms with Crippen LogP contribution in [0.2, 0.25) is 0 Å². The first-order valence-corrected chi connectivity index (χ1v) is 3.73. The lowest BCUT2D eigenvalue weighted by atomic mass is 10.2. The van der Waals surface area contributed by atoms with E-state index in [1.807, 2.05) is 0 Å². The highest BCUT2D eigenvalue weighted by Gasteiger charge is 2.12. The van der Waals surface area contributed by atoms with Crippen LogP contribution in [0.1, 0.15) is 16.1 Å². The van der Waals surface area contributed by atoms with Crippen LogP contribution in [0, 0.1) is 6.92 Å². The van der Waals surface area contributed by atoms with Gasteiger partial charge in [-0.3, -0.25) is 0 Å². The minimum absolute atomic E-state index is 0.162. The second-order valence-corrected chi connectivity index (χ2v) is 2.70. The number of hydrogen-bond acceptors (Lipinski definition) is 3. The Bertz CT molecular complexity index is 475. The molecule has 2 rings (SSSR count). The summed E-state index contributed by atoms with van der Waals surface area (Å²) >= 11 is 0. The lowest BCUT2D eigenvalue weighted by Crippen LogP contribution is -2.08. The van der Waals surface area contributed by atoms with Crippen molar-refractivity contribution < 1.29 is 9.90 Å². The summed E-state index contributed by atoms with van der Waals surface area (Å²) in [6.07, 6.45) is 1.33. The fourth-order valence-corrected chi connectivity index (χ4v) is 1.24. The smallest absolute Gasteiger partial charge is 0.354 e. The first-order chi connectivity index (χ1) is 6.20. The standard InChI is InChI=1S/C8H7N3O2/c1-5-2-3-6-9-4-10-11(6)7(5)8(12)13/h2-4H,1H3,(H,12,13). The lowest BCUT2D eigenvalue weighted by molar-refractivity contribution is 0.0686. The molecule has 0 bridgehead atoms. The number of aromatic carboxylic acids is 1. The molecule has 0 aliphatic carbocycles. The first-order valence-electron chi connectivity index (χ1n) is 3.73. The average molecular weight is 177 g/mol. The Balaban J connectivity index is 2.88. The van der Waals surface area contributed by atoms with Gasteiger partial charge in [-0.25, -0.2) is 14.3 Å². The average Bonchev–Trinajstić information content (AvgIpc) is 2.50. The van der Waals surface area contributed by atoms with Crippen molar-refractivity contribution in [3.8, 4) is 0 Å². The van der Waals surface area contributed by atoms with Gasteiger partial charge in [0.15, 0.2) is 11.3 Å². The molecule has 0 aromatic carbocycles. The molecule has 0 saturated heterocycles. The highest BCUT2D eigenvalue weighted by atomic mass is 16.4. The quantitative estimate of drug-likeness (QED) is 0.697. The van der Waals surface area contributed by atoms with Gasteiger partial charge in [-0.05, 0) is 18.6 Å². The van der Waals surface area contributed by atoms with Crippen LogP contribution >= 0.6 is 0 Å². The zero-order valence-corrected chi connectivity index (χ0v) is 6.93. The van der Waals surface area contributed by atoms with Crippen LogP contribution in [-0.2, 0) is 0 Å². The fraction of sp³-hybridized carbons (Fsp3) is 0.125. The zero-order chi connectivity index (χ0) is 9.42. The predicted molar refractivity (Wildman–Crippen MR) is 44.7 cm³/mol. The van der Waals surface area contributed by atoms with Crippen LogP contribution in [-0.4, -0.2) is 25.7 Å². The van der Waals surface area contributed by atoms with E-state index in [-0.39, 0.29) is 5.69 Å². The third-order valence-corrected chi connectivity index (χ3v) is 1.84. The van der Waals surface area contributed by atoms with Gasteiger partial charge in [-0.15, -0.1) is 0 Å². The van der Waals surface area contributed by atoms with Gasteiger partial charge in [0.05, 0.1) is 0 Å². The Morgan fingerprint density at radius 3 is 3.00 bits per heavy atom. The summed E-state index contributed by atoms with van der Waals surface area (Å²) in [5.74, 6) is -0.992. The molecule has 0 aliphatic rings. The van der Waals surface area contributed by atoms with Crippen molar-refractivity contribution in [3.05, 3.63) is 29.7 Å². The maximum atomic E-state index is 10.8. The Morgan fingerprint density at radius 2 is 2.31 bits per heavy atom. The molecular weight excluding hydrogens is 170 g/mol. The van der Waals surface area contributed by atoms with Crippen LogP contribution in [0.15, 0.2) is 18.5 Å². The number of aromatic nitrogens is 3. The minimum atomic E-state index is -0.992. The molecule has 66 valence electrons. The van der Waals surface area contributed by atoms with Gasteiger partial charge in [0.2, 0.25) is 0 Å². The Hall–Kier alpha value is -1.91. The van der Waals surface area contributed by atoms with Gasteiger partial charge >= 0.3 is 5.97 Å². The van der Waals surface area contributed by atoms with E-state index in [1.165, 1.54) is 10.8 Å². The molecule has 0 amide bonds. The van der Waals surface area contributed by atoms with E-state index in [0.29, 0.717) is 11.2 Å². The summed E-state index contributed by atoms with van der Waals surface area (Å²) in [6.45, 7) is 1.73. The summed E-state index contributed by atoms with van der Waals surface area (Å²) in [5, 5.41) is 12.7. The van der Waals surface area contributed by atoms with Gasteiger partial charge in [-0.2, -0.15) is 5.10 Å². The summed E-state index contributed by atoms with van der Waals surface area (Å²) < 4.78 is 1.32. The molecule has 1 N–H and O–H groups in total. The lowest BCUT2D eigenvalue weighted by Gasteiger charge is -2.01. The topological polar surface area (TPSA) is 67.5 Å². The molecule has 2 aromatic rings. The molecule has 0 fully saturated rings. The van der Waals surface area contributed by atoms with E-state index in [1.54, 1.807) is 19.1 Å². The highest BCUT2D eigenvalue weighted by molar-refractivity contribution is 5.88. The molecule has 0 atom stereocenters. The largest absolute Gasteiger partial charge is 0.477 e. The molecule has 2 aromatic heterocycles. The van der Waals surface area contributed by atoms with Gasteiger partial charge in [0.1, 0.15) is 6.33 Å². The van der Waals surface area contributed by atoms with Crippen molar-refractivity contribution in [2.45, 2.75) is 6.92 Å². The number of carboxylic acids is 1. The summed E-state index contributed by atoms with van der Waals surface area (Å²) in [6, 6.07) is 3.45. The van der Waals surface area contributed by atoms with Crippen molar-refractivity contribution in [1.29, 1.82) is 0 Å². The van der Waals surface area contributed by atoms with Crippen molar-refractivity contribution >= 4 is 11.6 Å². The highest BCUT2D eigenvalue weighted by Crippen LogP contribution is 2.09. The second kappa shape index (κ2) is 2.55. The van der Waals surface area contributed by atoms with E-state index in [2.05, 4.69) is 10.1 Å². The van der Waals surface area contributed by atoms with Crippen molar-refractivity contribution in [1.82, 2.24) is 14.6 Å². The Labute approximate surface area is 73.6 Å². The van der Waals surface area contributed by atoms with Gasteiger partial charge < -0.3 is 5.11 Å². The molecule has 0 spiro atoms. The molecular formula is C8H7N3O2. The maximum absolute atomic E-state index is 10.8. The molecule has 2 heterocycles. The van der Waals surface area contributed by atoms with Crippen LogP contribution in [0.3, 0.4) is 0 Å². The maximum Gasteiger partial charge on any atom is 0.354 e. The fourth-order valence-electron chi connectivity index (χ4n) is 1.24. The number of pyridine rings is 1. The third-order valence-electron chi connectivity index (χ3n) is 1.84. The number of fused-ring (bicyclic) bond motifs is 1. The number of hydrogen-bond donors (Lipinski definition) is 1. The summed E-state index contributed by atoms with van der Waals surface area (Å²) in [4.78, 5) is 14.7. The molecule has 0 unspecified atom stereocenters. The monoisotopic (exact) mass is 177 g/mol. The van der Waals surface area contributed by atoms with E-state index in [9.17, 15) is 4.79 Å². The van der Waals surface area contributed by atoms with Crippen molar-refractivity contribution in [2.75, 3.05) is 0 Å². The summed E-state index contributed by atoms with van der Waals surface area (Å²) in [7, 11) is 0. The normalized spacial score (nSPS) is 10.5. The molecule has 5 heteroatoms. The van der Waals surface area contributed by atoms with E-state index < -0.39 is 5.97 Å². The predicted octanol–water partition coefficient (Wildman–Crippen LogP) is 0.736. The van der Waals surface area contributed by atoms with Crippen molar-refractivity contribution in [2.24, 2.45) is 0 Å². The van der Waals surface area contributed by atoms with Crippen molar-refractivity contribution in [3.63, 3.8) is 0 Å². The van der Waals surface area contributed by atoms with Crippen LogP contribution in [0.4, 0.5) is 0 Å². The van der Waals surface area contributed by atoms with Gasteiger partial charge in [0.25, 0.3) is 0 Å².